The highest BCUT2D eigenvalue weighted by molar-refractivity contribution is 6.31. The molecule has 0 bridgehead atoms. The highest BCUT2D eigenvalue weighted by atomic mass is 35.5. The zero-order valence-corrected chi connectivity index (χ0v) is 18.7. The number of fused-ring (bicyclic) bond motifs is 3. The number of nitrogens with one attached hydrogen (secondary N) is 1. The molecule has 10 heteroatoms. The van der Waals surface area contributed by atoms with E-state index in [4.69, 9.17) is 17.5 Å². The monoisotopic (exact) mass is 507 g/mol. The van der Waals surface area contributed by atoms with Gasteiger partial charge in [-0.15, -0.1) is 0 Å². The van der Waals surface area contributed by atoms with E-state index in [1.54, 1.807) is 48.7 Å². The Bertz CT molecular complexity index is 1470. The van der Waals surface area contributed by atoms with E-state index in [0.29, 0.717) is 33.1 Å². The second-order valence-corrected chi connectivity index (χ2v) is 8.06. The number of nitrogens with zero attached hydrogens (tertiary/aromatic N) is 3. The summed E-state index contributed by atoms with van der Waals surface area (Å²) in [5, 5.41) is 3.46. The molecule has 0 fully saturated rings. The van der Waals surface area contributed by atoms with Gasteiger partial charge in [0.25, 0.3) is 0 Å². The number of carbonyl (C=O) groups is 1. The van der Waals surface area contributed by atoms with Crippen LogP contribution >= 0.6 is 11.6 Å². The molecule has 3 N–H and O–H groups in total. The summed E-state index contributed by atoms with van der Waals surface area (Å²) in [6.07, 6.45) is 1.60. The molecule has 0 aliphatic carbocycles. The van der Waals surface area contributed by atoms with Crippen molar-refractivity contribution in [1.82, 2.24) is 9.97 Å². The summed E-state index contributed by atoms with van der Waals surface area (Å²) in [7, 11) is 0. The van der Waals surface area contributed by atoms with Crippen LogP contribution in [0.3, 0.4) is 0 Å². The minimum atomic E-state index is -0.726. The Labute approximate surface area is 210 Å². The Morgan fingerprint density at radius 1 is 1.03 bits per heavy atom. The van der Waals surface area contributed by atoms with Crippen molar-refractivity contribution in [3.8, 4) is 11.3 Å². The van der Waals surface area contributed by atoms with Gasteiger partial charge in [0.1, 0.15) is 11.6 Å². The zero-order valence-electron chi connectivity index (χ0n) is 17.9. The van der Waals surface area contributed by atoms with Gasteiger partial charge in [-0.1, -0.05) is 31.2 Å². The van der Waals surface area contributed by atoms with Crippen molar-refractivity contribution >= 4 is 34.9 Å². The lowest BCUT2D eigenvalue weighted by atomic mass is 9.95. The molecule has 0 amide bonds. The van der Waals surface area contributed by atoms with Gasteiger partial charge in [0, 0.05) is 33.6 Å². The minimum Gasteiger partial charge on any atom is -0.370 e. The van der Waals surface area contributed by atoms with Crippen molar-refractivity contribution in [3.05, 3.63) is 106 Å². The van der Waals surface area contributed by atoms with Crippen molar-refractivity contribution < 1.29 is 18.4 Å². The topological polar surface area (TPSA) is 102 Å². The third-order valence-corrected chi connectivity index (χ3v) is 5.68. The number of nitrogens with two attached hydrogens (primary N) is 1. The van der Waals surface area contributed by atoms with Crippen molar-refractivity contribution in [2.75, 3.05) is 5.32 Å². The normalized spacial score (nSPS) is 11.8. The van der Waals surface area contributed by atoms with Crippen LogP contribution < -0.4 is 11.2 Å². The summed E-state index contributed by atoms with van der Waals surface area (Å²) in [4.78, 5) is 29.3. The predicted molar refractivity (Wildman–Crippen MR) is 134 cm³/mol. The lowest BCUT2D eigenvalue weighted by molar-refractivity contribution is 0.0503. The zero-order chi connectivity index (χ0) is 24.5. The van der Waals surface area contributed by atoms with Crippen LogP contribution in [0.25, 0.3) is 11.3 Å². The highest BCUT2D eigenvalue weighted by Gasteiger charge is 2.25. The number of rotatable bonds is 4. The van der Waals surface area contributed by atoms with Crippen molar-refractivity contribution in [2.24, 2.45) is 10.9 Å². The number of hydrogen-bond acceptors (Lipinski definition) is 7. The average Bonchev–Trinajstić information content (AvgIpc) is 3.01. The molecule has 0 radical (unpaired) electrons. The molecule has 182 valence electrons. The summed E-state index contributed by atoms with van der Waals surface area (Å²) in [5.74, 6) is 3.08. The maximum atomic E-state index is 14.7. The van der Waals surface area contributed by atoms with Gasteiger partial charge in [0.2, 0.25) is 5.95 Å². The number of carbonyl (C=O) groups excluding carboxylic acids is 1. The Balaban J connectivity index is 0.00000304. The van der Waals surface area contributed by atoms with Gasteiger partial charge in [0.05, 0.1) is 29.1 Å². The first kappa shape index (κ1) is 24.9. The molecule has 3 aromatic carbocycles. The number of benzene rings is 3. The number of hydrogen-bond donors (Lipinski definition) is 2. The maximum absolute atomic E-state index is 14.7. The quantitative estimate of drug-likeness (QED) is 0.337. The van der Waals surface area contributed by atoms with Crippen LogP contribution in [0.2, 0.25) is 5.02 Å². The summed E-state index contributed by atoms with van der Waals surface area (Å²) in [5.41, 5.74) is 3.11. The number of anilines is 2. The fraction of sp³-hybridized carbons (Fsp3) is 0.0769. The van der Waals surface area contributed by atoms with E-state index in [1.165, 1.54) is 18.2 Å². The van der Waals surface area contributed by atoms with Crippen molar-refractivity contribution in [2.45, 2.75) is 14.0 Å². The van der Waals surface area contributed by atoms with E-state index in [1.807, 2.05) is 0 Å². The molecule has 5 rings (SSSR count). The van der Waals surface area contributed by atoms with Crippen LogP contribution in [0.15, 0.2) is 71.9 Å². The van der Waals surface area contributed by atoms with E-state index in [9.17, 15) is 13.6 Å². The first-order valence-corrected chi connectivity index (χ1v) is 10.8. The third kappa shape index (κ3) is 4.66. The molecular weight excluding hydrogens is 488 g/mol. The number of aliphatic imine (C=N–C) groups is 1. The Kier molecular flexibility index (Phi) is 7.05. The Hall–Kier alpha value is -4.21. The van der Waals surface area contributed by atoms with E-state index in [-0.39, 0.29) is 36.8 Å². The molecule has 0 spiro atoms. The smallest absolute Gasteiger partial charge is 0.356 e. The van der Waals surface area contributed by atoms with Crippen LogP contribution in [0.1, 0.15) is 34.5 Å². The summed E-state index contributed by atoms with van der Waals surface area (Å²) < 4.78 is 29.3. The summed E-state index contributed by atoms with van der Waals surface area (Å²) in [6.45, 7) is 0.112. The maximum Gasteiger partial charge on any atom is 0.356 e. The Morgan fingerprint density at radius 3 is 2.44 bits per heavy atom. The molecule has 1 aliphatic rings. The van der Waals surface area contributed by atoms with Gasteiger partial charge in [-0.05, 0) is 48.5 Å². The van der Waals surface area contributed by atoms with Gasteiger partial charge >= 0.3 is 5.97 Å². The van der Waals surface area contributed by atoms with E-state index < -0.39 is 17.6 Å². The molecule has 7 nitrogen and oxygen atoms in total. The summed E-state index contributed by atoms with van der Waals surface area (Å²) in [6, 6.07) is 15.1. The number of aromatic nitrogens is 2. The third-order valence-electron chi connectivity index (χ3n) is 5.45. The molecule has 0 atom stereocenters. The van der Waals surface area contributed by atoms with Gasteiger partial charge < -0.3 is 10.2 Å². The van der Waals surface area contributed by atoms with Crippen LogP contribution in [0.5, 0.6) is 0 Å². The molecule has 0 unspecified atom stereocenters. The second kappa shape index (κ2) is 10.2. The molecule has 4 aromatic rings. The predicted octanol–water partition coefficient (Wildman–Crippen LogP) is 5.84. The molecule has 1 aromatic heterocycles. The SMILES string of the molecule is C.NOC(=O)c1ccc(Nc2ncc3c(n2)-c2ccc(Cl)cc2C(c2c(F)cccc2F)=NC3)cc1. The molecule has 0 saturated heterocycles. The van der Waals surface area contributed by atoms with Gasteiger partial charge in [-0.25, -0.2) is 23.5 Å². The largest absolute Gasteiger partial charge is 0.370 e. The van der Waals surface area contributed by atoms with Crippen LogP contribution in [-0.4, -0.2) is 21.6 Å². The van der Waals surface area contributed by atoms with Gasteiger partial charge in [-0.2, -0.15) is 5.90 Å². The van der Waals surface area contributed by atoms with Gasteiger partial charge in [-0.3, -0.25) is 4.99 Å². The van der Waals surface area contributed by atoms with E-state index in [0.717, 1.165) is 0 Å². The average molecular weight is 508 g/mol. The number of halogens is 3. The first-order chi connectivity index (χ1) is 16.9. The van der Waals surface area contributed by atoms with Crippen molar-refractivity contribution in [1.29, 1.82) is 0 Å². The summed E-state index contributed by atoms with van der Waals surface area (Å²) >= 11 is 6.25. The van der Waals surface area contributed by atoms with E-state index >= 15 is 0 Å². The molecular formula is C26H20ClF2N5O2. The second-order valence-electron chi connectivity index (χ2n) is 7.63. The molecule has 36 heavy (non-hydrogen) atoms. The first-order valence-electron chi connectivity index (χ1n) is 10.4. The highest BCUT2D eigenvalue weighted by Crippen LogP contribution is 2.34. The van der Waals surface area contributed by atoms with Crippen molar-refractivity contribution in [3.63, 3.8) is 0 Å². The molecule has 1 aliphatic heterocycles. The minimum absolute atomic E-state index is 0. The lowest BCUT2D eigenvalue weighted by Gasteiger charge is -2.13. The van der Waals surface area contributed by atoms with Crippen LogP contribution in [-0.2, 0) is 11.4 Å². The molecule has 2 heterocycles. The molecule has 0 saturated carbocycles. The lowest BCUT2D eigenvalue weighted by Crippen LogP contribution is -2.10. The van der Waals surface area contributed by atoms with Crippen LogP contribution in [0.4, 0.5) is 20.4 Å². The van der Waals surface area contributed by atoms with Gasteiger partial charge in [0.15, 0.2) is 0 Å². The Morgan fingerprint density at radius 2 is 1.75 bits per heavy atom. The van der Waals surface area contributed by atoms with E-state index in [2.05, 4.69) is 25.1 Å². The van der Waals surface area contributed by atoms with Crippen LogP contribution in [0, 0.1) is 11.6 Å². The fourth-order valence-corrected chi connectivity index (χ4v) is 3.98. The standard InChI is InChI=1S/C25H16ClF2N5O2.CH4/c26-15-6-9-17-18(10-15)23(21-19(27)2-1-3-20(21)28)30-11-14-12-31-25(33-22(14)17)32-16-7-4-13(5-8-16)24(34)35-29;/h1-10,12H,11,29H2,(H,31,32,33);1H4. The fourth-order valence-electron chi connectivity index (χ4n) is 3.81.